The van der Waals surface area contributed by atoms with Crippen LogP contribution in [0.15, 0.2) is 42.7 Å². The van der Waals surface area contributed by atoms with Gasteiger partial charge in [-0.25, -0.2) is 19.0 Å². The van der Waals surface area contributed by atoms with E-state index in [0.29, 0.717) is 36.6 Å². The molecule has 31 heavy (non-hydrogen) atoms. The van der Waals surface area contributed by atoms with Gasteiger partial charge in [-0.15, -0.1) is 5.10 Å². The summed E-state index contributed by atoms with van der Waals surface area (Å²) in [6.07, 6.45) is -0.478. The van der Waals surface area contributed by atoms with Crippen molar-refractivity contribution in [2.24, 2.45) is 0 Å². The maximum Gasteiger partial charge on any atom is 0.435 e. The Morgan fingerprint density at radius 3 is 2.65 bits per heavy atom. The molecule has 1 aliphatic heterocycles. The summed E-state index contributed by atoms with van der Waals surface area (Å²) in [7, 11) is 0. The van der Waals surface area contributed by atoms with Crippen LogP contribution in [0, 0.1) is 5.82 Å². The Bertz CT molecular complexity index is 1070. The first-order valence-corrected chi connectivity index (χ1v) is 9.44. The zero-order valence-electron chi connectivity index (χ0n) is 16.1. The van der Waals surface area contributed by atoms with Gasteiger partial charge in [0.25, 0.3) is 5.91 Å². The molecule has 162 valence electrons. The lowest BCUT2D eigenvalue weighted by Crippen LogP contribution is -2.48. The molecule has 1 aliphatic rings. The highest BCUT2D eigenvalue weighted by molar-refractivity contribution is 5.93. The van der Waals surface area contributed by atoms with Crippen LogP contribution in [0.1, 0.15) is 29.0 Å². The molecular weight excluding hydrogens is 418 g/mol. The van der Waals surface area contributed by atoms with E-state index in [1.807, 2.05) is 4.90 Å². The number of nitrogens with one attached hydrogen (secondary N) is 1. The summed E-state index contributed by atoms with van der Waals surface area (Å²) in [5.41, 5.74) is -2.43. The van der Waals surface area contributed by atoms with Crippen molar-refractivity contribution in [3.63, 3.8) is 0 Å². The maximum absolute atomic E-state index is 13.8. The molecule has 2 aromatic heterocycles. The lowest BCUT2D eigenvalue weighted by molar-refractivity contribution is -0.143. The van der Waals surface area contributed by atoms with Gasteiger partial charge in [-0.2, -0.15) is 13.2 Å². The molecule has 0 aliphatic carbocycles. The second kappa shape index (κ2) is 8.28. The molecule has 12 heteroatoms. The number of nitrogens with zero attached hydrogens (tertiary/aromatic N) is 6. The topological polar surface area (TPSA) is 88.8 Å². The number of halogens is 4. The normalized spacial score (nSPS) is 16.9. The van der Waals surface area contributed by atoms with Crippen LogP contribution in [-0.2, 0) is 6.18 Å². The summed E-state index contributed by atoms with van der Waals surface area (Å²) < 4.78 is 55.2. The monoisotopic (exact) mass is 435 g/mol. The molecular formula is C19H17F4N7O. The Balaban J connectivity index is 1.57. The molecule has 0 radical (unpaired) electrons. The Labute approximate surface area is 173 Å². The number of carbonyl (C=O) groups is 1. The van der Waals surface area contributed by atoms with E-state index in [4.69, 9.17) is 0 Å². The number of benzene rings is 1. The third-order valence-corrected chi connectivity index (χ3v) is 4.80. The van der Waals surface area contributed by atoms with Gasteiger partial charge in [-0.3, -0.25) is 4.79 Å². The molecule has 4 rings (SSSR count). The summed E-state index contributed by atoms with van der Waals surface area (Å²) in [6, 6.07) is 5.71. The van der Waals surface area contributed by atoms with E-state index in [1.54, 1.807) is 18.5 Å². The number of rotatable bonds is 4. The molecule has 3 heterocycles. The van der Waals surface area contributed by atoms with Crippen molar-refractivity contribution in [3.8, 4) is 5.69 Å². The van der Waals surface area contributed by atoms with Gasteiger partial charge in [0.05, 0.1) is 5.69 Å². The highest BCUT2D eigenvalue weighted by Crippen LogP contribution is 2.33. The summed E-state index contributed by atoms with van der Waals surface area (Å²) in [5.74, 6) is -1.26. The van der Waals surface area contributed by atoms with E-state index < -0.39 is 35.3 Å². The first-order valence-electron chi connectivity index (χ1n) is 9.44. The lowest BCUT2D eigenvalue weighted by Gasteiger charge is -2.32. The van der Waals surface area contributed by atoms with Crippen LogP contribution in [0.25, 0.3) is 5.69 Å². The van der Waals surface area contributed by atoms with E-state index in [0.717, 1.165) is 12.1 Å². The van der Waals surface area contributed by atoms with Crippen molar-refractivity contribution in [2.75, 3.05) is 18.0 Å². The van der Waals surface area contributed by atoms with Crippen molar-refractivity contribution in [1.29, 1.82) is 0 Å². The average Bonchev–Trinajstić information content (AvgIpc) is 3.21. The van der Waals surface area contributed by atoms with Gasteiger partial charge in [0.1, 0.15) is 5.82 Å². The van der Waals surface area contributed by atoms with Gasteiger partial charge in [-0.1, -0.05) is 11.3 Å². The predicted octanol–water partition coefficient (Wildman–Crippen LogP) is 2.61. The van der Waals surface area contributed by atoms with Gasteiger partial charge in [0, 0.05) is 31.5 Å². The van der Waals surface area contributed by atoms with Gasteiger partial charge in [0.2, 0.25) is 5.95 Å². The van der Waals surface area contributed by atoms with Crippen LogP contribution >= 0.6 is 0 Å². The summed E-state index contributed by atoms with van der Waals surface area (Å²) in [4.78, 5) is 22.9. The molecule has 1 aromatic carbocycles. The second-order valence-electron chi connectivity index (χ2n) is 6.98. The minimum absolute atomic E-state index is 0.191. The van der Waals surface area contributed by atoms with Crippen LogP contribution in [0.2, 0.25) is 0 Å². The lowest BCUT2D eigenvalue weighted by atomic mass is 10.1. The standard InChI is InChI=1S/C19H17F4N7O/c20-12-4-1-6-14(10-12)30-16(19(21,22)23)15(27-28-30)17(31)26-13-5-2-9-29(11-13)18-24-7-3-8-25-18/h1,3-4,6-8,10,13H,2,5,9,11H2,(H,26,31). The quantitative estimate of drug-likeness (QED) is 0.634. The minimum atomic E-state index is -4.93. The Morgan fingerprint density at radius 1 is 1.16 bits per heavy atom. The Morgan fingerprint density at radius 2 is 1.94 bits per heavy atom. The van der Waals surface area contributed by atoms with Crippen LogP contribution < -0.4 is 10.2 Å². The predicted molar refractivity (Wildman–Crippen MR) is 101 cm³/mol. The van der Waals surface area contributed by atoms with Crippen molar-refractivity contribution in [3.05, 3.63) is 59.9 Å². The first-order chi connectivity index (χ1) is 14.8. The van der Waals surface area contributed by atoms with Crippen molar-refractivity contribution in [2.45, 2.75) is 25.1 Å². The Kier molecular flexibility index (Phi) is 5.53. The fraction of sp³-hybridized carbons (Fsp3) is 0.316. The van der Waals surface area contributed by atoms with E-state index >= 15 is 0 Å². The molecule has 1 atom stereocenters. The Hall–Kier alpha value is -3.57. The highest BCUT2D eigenvalue weighted by atomic mass is 19.4. The van der Waals surface area contributed by atoms with Gasteiger partial charge >= 0.3 is 6.18 Å². The van der Waals surface area contributed by atoms with Crippen LogP contribution in [-0.4, -0.2) is 50.0 Å². The van der Waals surface area contributed by atoms with Crippen molar-refractivity contribution >= 4 is 11.9 Å². The smallest absolute Gasteiger partial charge is 0.346 e. The number of amides is 1. The van der Waals surface area contributed by atoms with Crippen molar-refractivity contribution < 1.29 is 22.4 Å². The molecule has 1 N–H and O–H groups in total. The maximum atomic E-state index is 13.8. The molecule has 1 unspecified atom stereocenters. The van der Waals surface area contributed by atoms with E-state index in [1.165, 1.54) is 12.1 Å². The van der Waals surface area contributed by atoms with E-state index in [-0.39, 0.29) is 5.69 Å². The molecule has 0 saturated carbocycles. The summed E-state index contributed by atoms with van der Waals surface area (Å²) in [5, 5.41) is 9.51. The molecule has 1 amide bonds. The van der Waals surface area contributed by atoms with Crippen LogP contribution in [0.3, 0.4) is 0 Å². The third kappa shape index (κ3) is 4.47. The highest BCUT2D eigenvalue weighted by Gasteiger charge is 2.42. The van der Waals surface area contributed by atoms with Gasteiger partial charge in [-0.05, 0) is 37.1 Å². The molecule has 8 nitrogen and oxygen atoms in total. The van der Waals surface area contributed by atoms with Crippen LogP contribution in [0.5, 0.6) is 0 Å². The molecule has 1 fully saturated rings. The number of hydrogen-bond donors (Lipinski definition) is 1. The van der Waals surface area contributed by atoms with Crippen molar-refractivity contribution in [1.82, 2.24) is 30.3 Å². The minimum Gasteiger partial charge on any atom is -0.346 e. The number of hydrogen-bond acceptors (Lipinski definition) is 6. The zero-order chi connectivity index (χ0) is 22.0. The molecule has 0 bridgehead atoms. The summed E-state index contributed by atoms with van der Waals surface area (Å²) >= 11 is 0. The molecule has 1 saturated heterocycles. The van der Waals surface area contributed by atoms with Gasteiger partial charge in [0.15, 0.2) is 11.4 Å². The number of piperidine rings is 1. The molecule has 3 aromatic rings. The summed E-state index contributed by atoms with van der Waals surface area (Å²) in [6.45, 7) is 1.01. The fourth-order valence-electron chi connectivity index (χ4n) is 3.46. The second-order valence-corrected chi connectivity index (χ2v) is 6.98. The number of carbonyl (C=O) groups excluding carboxylic acids is 1. The molecule has 0 spiro atoms. The number of aromatic nitrogens is 5. The number of alkyl halides is 3. The fourth-order valence-corrected chi connectivity index (χ4v) is 3.46. The van der Waals surface area contributed by atoms with Crippen LogP contribution in [0.4, 0.5) is 23.5 Å². The zero-order valence-corrected chi connectivity index (χ0v) is 16.1. The third-order valence-electron chi connectivity index (χ3n) is 4.80. The van der Waals surface area contributed by atoms with E-state index in [2.05, 4.69) is 25.6 Å². The first kappa shape index (κ1) is 20.7. The number of anilines is 1. The SMILES string of the molecule is O=C(NC1CCCN(c2ncccn2)C1)c1nnn(-c2cccc(F)c2)c1C(F)(F)F. The van der Waals surface area contributed by atoms with Gasteiger partial charge < -0.3 is 10.2 Å². The van der Waals surface area contributed by atoms with E-state index in [9.17, 15) is 22.4 Å². The average molecular weight is 435 g/mol. The largest absolute Gasteiger partial charge is 0.435 e.